The number of nitrogens with one attached hydrogen (secondary N) is 1. The van der Waals surface area contributed by atoms with E-state index in [1.807, 2.05) is 24.3 Å². The van der Waals surface area contributed by atoms with Crippen molar-refractivity contribution in [2.24, 2.45) is 0 Å². The Morgan fingerprint density at radius 1 is 1.00 bits per heavy atom. The van der Waals surface area contributed by atoms with E-state index >= 15 is 0 Å². The van der Waals surface area contributed by atoms with Crippen LogP contribution in [0.2, 0.25) is 0 Å². The number of benzene rings is 2. The molecule has 0 aromatic heterocycles. The molecule has 18 heavy (non-hydrogen) atoms. The van der Waals surface area contributed by atoms with E-state index in [1.165, 1.54) is 12.1 Å². The summed E-state index contributed by atoms with van der Waals surface area (Å²) < 4.78 is 12.8. The molecule has 0 radical (unpaired) electrons. The van der Waals surface area contributed by atoms with Crippen LogP contribution in [-0.2, 0) is 6.54 Å². The molecule has 0 saturated heterocycles. The van der Waals surface area contributed by atoms with Crippen molar-refractivity contribution in [2.75, 3.05) is 0 Å². The maximum Gasteiger partial charge on any atom is 0.404 e. The summed E-state index contributed by atoms with van der Waals surface area (Å²) >= 11 is 0. The van der Waals surface area contributed by atoms with Gasteiger partial charge in [-0.25, -0.2) is 9.18 Å². The molecule has 0 unspecified atom stereocenters. The second-order valence-corrected chi connectivity index (χ2v) is 3.86. The summed E-state index contributed by atoms with van der Waals surface area (Å²) in [5, 5.41) is 10.8. The van der Waals surface area contributed by atoms with Gasteiger partial charge in [0, 0.05) is 6.54 Å². The zero-order chi connectivity index (χ0) is 13.0. The first kappa shape index (κ1) is 12.1. The minimum atomic E-state index is -1.04. The summed E-state index contributed by atoms with van der Waals surface area (Å²) in [7, 11) is 0. The third-order valence-electron chi connectivity index (χ3n) is 2.58. The quantitative estimate of drug-likeness (QED) is 0.872. The summed E-state index contributed by atoms with van der Waals surface area (Å²) in [5.41, 5.74) is 2.77. The first-order valence-corrected chi connectivity index (χ1v) is 5.47. The smallest absolute Gasteiger partial charge is 0.404 e. The zero-order valence-corrected chi connectivity index (χ0v) is 9.56. The maximum absolute atomic E-state index is 12.8. The van der Waals surface area contributed by atoms with Crippen molar-refractivity contribution in [1.82, 2.24) is 5.32 Å². The lowest BCUT2D eigenvalue weighted by Gasteiger charge is -2.04. The lowest BCUT2D eigenvalue weighted by molar-refractivity contribution is 0.194. The van der Waals surface area contributed by atoms with Crippen molar-refractivity contribution in [3.63, 3.8) is 0 Å². The first-order valence-electron chi connectivity index (χ1n) is 5.47. The lowest BCUT2D eigenvalue weighted by atomic mass is 10.0. The van der Waals surface area contributed by atoms with Gasteiger partial charge in [-0.05, 0) is 28.8 Å². The van der Waals surface area contributed by atoms with Gasteiger partial charge in [-0.2, -0.15) is 0 Å². The number of amides is 1. The van der Waals surface area contributed by atoms with E-state index < -0.39 is 6.09 Å². The molecule has 0 spiro atoms. The molecular weight excluding hydrogens is 233 g/mol. The molecule has 0 fully saturated rings. The van der Waals surface area contributed by atoms with Crippen LogP contribution in [0.5, 0.6) is 0 Å². The standard InChI is InChI=1S/C14H12FNO2/c15-13-7-5-12(6-8-13)11-3-1-10(2-4-11)9-16-14(17)18/h1-8,16H,9H2,(H,17,18). The Bertz CT molecular complexity index is 535. The van der Waals surface area contributed by atoms with Gasteiger partial charge >= 0.3 is 6.09 Å². The van der Waals surface area contributed by atoms with Crippen LogP contribution in [-0.4, -0.2) is 11.2 Å². The third-order valence-corrected chi connectivity index (χ3v) is 2.58. The van der Waals surface area contributed by atoms with Crippen molar-refractivity contribution in [3.8, 4) is 11.1 Å². The topological polar surface area (TPSA) is 49.3 Å². The van der Waals surface area contributed by atoms with Crippen molar-refractivity contribution in [1.29, 1.82) is 0 Å². The molecule has 0 aliphatic rings. The summed E-state index contributed by atoms with van der Waals surface area (Å²) in [6, 6.07) is 13.7. The molecule has 2 N–H and O–H groups in total. The Balaban J connectivity index is 2.12. The number of carbonyl (C=O) groups is 1. The average Bonchev–Trinajstić information content (AvgIpc) is 2.38. The Kier molecular flexibility index (Phi) is 3.57. The molecule has 0 aliphatic carbocycles. The molecule has 2 rings (SSSR count). The molecule has 92 valence electrons. The molecule has 0 atom stereocenters. The Morgan fingerprint density at radius 2 is 1.50 bits per heavy atom. The van der Waals surface area contributed by atoms with Crippen molar-refractivity contribution in [2.45, 2.75) is 6.54 Å². The summed E-state index contributed by atoms with van der Waals surface area (Å²) in [6.07, 6.45) is -1.04. The molecule has 3 nitrogen and oxygen atoms in total. The molecule has 0 heterocycles. The van der Waals surface area contributed by atoms with Crippen molar-refractivity contribution in [3.05, 3.63) is 59.9 Å². The third kappa shape index (κ3) is 3.07. The highest BCUT2D eigenvalue weighted by atomic mass is 19.1. The molecule has 0 bridgehead atoms. The predicted octanol–water partition coefficient (Wildman–Crippen LogP) is 3.26. The fraction of sp³-hybridized carbons (Fsp3) is 0.0714. The van der Waals surface area contributed by atoms with Crippen molar-refractivity contribution >= 4 is 6.09 Å². The molecule has 2 aromatic carbocycles. The van der Waals surface area contributed by atoms with Gasteiger partial charge in [-0.1, -0.05) is 36.4 Å². The van der Waals surface area contributed by atoms with Crippen LogP contribution in [0.4, 0.5) is 9.18 Å². The number of halogens is 1. The predicted molar refractivity (Wildman–Crippen MR) is 66.7 cm³/mol. The molecular formula is C14H12FNO2. The van der Waals surface area contributed by atoms with E-state index in [-0.39, 0.29) is 12.4 Å². The van der Waals surface area contributed by atoms with Crippen LogP contribution in [0.3, 0.4) is 0 Å². The van der Waals surface area contributed by atoms with E-state index in [0.717, 1.165) is 16.7 Å². The largest absolute Gasteiger partial charge is 0.465 e. The van der Waals surface area contributed by atoms with Gasteiger partial charge in [0.05, 0.1) is 0 Å². The SMILES string of the molecule is O=C(O)NCc1ccc(-c2ccc(F)cc2)cc1. The van der Waals surface area contributed by atoms with Gasteiger partial charge < -0.3 is 10.4 Å². The normalized spacial score (nSPS) is 10.1. The van der Waals surface area contributed by atoms with E-state index in [9.17, 15) is 9.18 Å². The van der Waals surface area contributed by atoms with Crippen LogP contribution >= 0.6 is 0 Å². The maximum atomic E-state index is 12.8. The Morgan fingerprint density at radius 3 is 2.00 bits per heavy atom. The highest BCUT2D eigenvalue weighted by Crippen LogP contribution is 2.20. The van der Waals surface area contributed by atoms with Gasteiger partial charge in [-0.15, -0.1) is 0 Å². The number of hydrogen-bond acceptors (Lipinski definition) is 1. The van der Waals surface area contributed by atoms with E-state index in [4.69, 9.17) is 5.11 Å². The molecule has 0 aliphatic heterocycles. The van der Waals surface area contributed by atoms with E-state index in [2.05, 4.69) is 5.32 Å². The van der Waals surface area contributed by atoms with Gasteiger partial charge in [0.15, 0.2) is 0 Å². The second-order valence-electron chi connectivity index (χ2n) is 3.86. The van der Waals surface area contributed by atoms with Gasteiger partial charge in [0.25, 0.3) is 0 Å². The molecule has 1 amide bonds. The number of hydrogen-bond donors (Lipinski definition) is 2. The lowest BCUT2D eigenvalue weighted by Crippen LogP contribution is -2.19. The van der Waals surface area contributed by atoms with Gasteiger partial charge in [-0.3, -0.25) is 0 Å². The Labute approximate surface area is 104 Å². The summed E-state index contributed by atoms with van der Waals surface area (Å²) in [6.45, 7) is 0.277. The summed E-state index contributed by atoms with van der Waals surface area (Å²) in [4.78, 5) is 10.3. The second kappa shape index (κ2) is 5.31. The minimum Gasteiger partial charge on any atom is -0.465 e. The zero-order valence-electron chi connectivity index (χ0n) is 9.56. The Hall–Kier alpha value is -2.36. The number of carboxylic acid groups (broad SMARTS) is 1. The average molecular weight is 245 g/mol. The van der Waals surface area contributed by atoms with E-state index in [0.29, 0.717) is 0 Å². The molecule has 2 aromatic rings. The number of rotatable bonds is 3. The van der Waals surface area contributed by atoms with Crippen LogP contribution < -0.4 is 5.32 Å². The van der Waals surface area contributed by atoms with Gasteiger partial charge in [0.1, 0.15) is 5.82 Å². The van der Waals surface area contributed by atoms with Crippen LogP contribution in [0.15, 0.2) is 48.5 Å². The molecule has 4 heteroatoms. The van der Waals surface area contributed by atoms with Crippen LogP contribution in [0.1, 0.15) is 5.56 Å². The van der Waals surface area contributed by atoms with Gasteiger partial charge in [0.2, 0.25) is 0 Å². The minimum absolute atomic E-state index is 0.263. The monoisotopic (exact) mass is 245 g/mol. The van der Waals surface area contributed by atoms with E-state index in [1.54, 1.807) is 12.1 Å². The van der Waals surface area contributed by atoms with Crippen LogP contribution in [0, 0.1) is 5.82 Å². The molecule has 0 saturated carbocycles. The first-order chi connectivity index (χ1) is 8.65. The van der Waals surface area contributed by atoms with Crippen molar-refractivity contribution < 1.29 is 14.3 Å². The fourth-order valence-corrected chi connectivity index (χ4v) is 1.64. The van der Waals surface area contributed by atoms with Crippen LogP contribution in [0.25, 0.3) is 11.1 Å². The highest BCUT2D eigenvalue weighted by Gasteiger charge is 2.00. The fourth-order valence-electron chi connectivity index (χ4n) is 1.64. The highest BCUT2D eigenvalue weighted by molar-refractivity contribution is 5.65. The summed E-state index contributed by atoms with van der Waals surface area (Å²) in [5.74, 6) is -0.263.